The minimum Gasteiger partial charge on any atom is -0.394 e. The van der Waals surface area contributed by atoms with Gasteiger partial charge in [0.25, 0.3) is 0 Å². The summed E-state index contributed by atoms with van der Waals surface area (Å²) in [5.41, 5.74) is 5.64. The van der Waals surface area contributed by atoms with Crippen molar-refractivity contribution in [1.82, 2.24) is 5.32 Å². The van der Waals surface area contributed by atoms with Gasteiger partial charge in [-0.3, -0.25) is 0 Å². The molecule has 0 aromatic rings. The SMILES string of the molecule is NC(=N[C@@H]1O[C@H](CO)[C@@H](O)[C@H](O)[C@H]1O)N[C@@H]1O[C@H](CO)[C@@H](O)[C@H](O)[C@H]1O. The van der Waals surface area contributed by atoms with Crippen LogP contribution in [0.1, 0.15) is 0 Å². The Labute approximate surface area is 147 Å². The van der Waals surface area contributed by atoms with Gasteiger partial charge in [0.05, 0.1) is 13.2 Å². The van der Waals surface area contributed by atoms with Crippen LogP contribution in [0.3, 0.4) is 0 Å². The fourth-order valence-corrected chi connectivity index (χ4v) is 2.73. The first kappa shape index (κ1) is 21.2. The van der Waals surface area contributed by atoms with E-state index in [2.05, 4.69) is 10.3 Å². The standard InChI is InChI=1S/C13H25N3O10/c14-13(15-11-9(23)7(21)5(19)3(1-17)25-11)16-12-10(24)8(22)6(20)4(2-18)26-12/h3-12,17-24H,1-2H2,(H3,14,15,16)/t3-,4-,5-,6-,7+,8+,9-,10-,11-,12-/m1/s1. The molecule has 26 heavy (non-hydrogen) atoms. The van der Waals surface area contributed by atoms with Gasteiger partial charge in [-0.25, -0.2) is 4.99 Å². The molecule has 0 aliphatic carbocycles. The third-order valence-electron chi connectivity index (χ3n) is 4.32. The number of nitrogens with one attached hydrogen (secondary N) is 1. The van der Waals surface area contributed by atoms with Crippen LogP contribution in [-0.2, 0) is 9.47 Å². The molecule has 152 valence electrons. The van der Waals surface area contributed by atoms with Crippen LogP contribution >= 0.6 is 0 Å². The number of ether oxygens (including phenoxy) is 2. The molecule has 0 amide bonds. The Balaban J connectivity index is 2.07. The number of rotatable bonds is 4. The van der Waals surface area contributed by atoms with E-state index in [1.54, 1.807) is 0 Å². The second kappa shape index (κ2) is 8.71. The van der Waals surface area contributed by atoms with Gasteiger partial charge in [0, 0.05) is 0 Å². The highest BCUT2D eigenvalue weighted by Crippen LogP contribution is 2.22. The van der Waals surface area contributed by atoms with E-state index in [-0.39, 0.29) is 0 Å². The summed E-state index contributed by atoms with van der Waals surface area (Å²) in [6, 6.07) is 0. The average molecular weight is 383 g/mol. The highest BCUT2D eigenvalue weighted by atomic mass is 16.6. The Morgan fingerprint density at radius 3 is 1.81 bits per heavy atom. The molecule has 13 heteroatoms. The molecule has 2 fully saturated rings. The van der Waals surface area contributed by atoms with Gasteiger partial charge in [-0.05, 0) is 0 Å². The number of aliphatic imine (C=N–C) groups is 1. The van der Waals surface area contributed by atoms with Crippen molar-refractivity contribution in [3.8, 4) is 0 Å². The first-order valence-electron chi connectivity index (χ1n) is 7.92. The molecular formula is C13H25N3O10. The van der Waals surface area contributed by atoms with Crippen LogP contribution in [0, 0.1) is 0 Å². The third-order valence-corrected chi connectivity index (χ3v) is 4.32. The molecule has 2 rings (SSSR count). The van der Waals surface area contributed by atoms with E-state index in [0.717, 1.165) is 0 Å². The summed E-state index contributed by atoms with van der Waals surface area (Å²) in [5, 5.41) is 79.2. The second-order valence-electron chi connectivity index (χ2n) is 6.13. The van der Waals surface area contributed by atoms with Gasteiger partial charge in [-0.2, -0.15) is 0 Å². The van der Waals surface area contributed by atoms with Gasteiger partial charge in [-0.15, -0.1) is 0 Å². The Bertz CT molecular complexity index is 493. The maximum Gasteiger partial charge on any atom is 0.193 e. The summed E-state index contributed by atoms with van der Waals surface area (Å²) in [7, 11) is 0. The summed E-state index contributed by atoms with van der Waals surface area (Å²) >= 11 is 0. The first-order valence-corrected chi connectivity index (χ1v) is 7.92. The third kappa shape index (κ3) is 4.23. The predicted molar refractivity (Wildman–Crippen MR) is 82.3 cm³/mol. The molecule has 10 atom stereocenters. The number of aliphatic hydroxyl groups is 8. The molecule has 2 aliphatic rings. The number of guanidine groups is 1. The van der Waals surface area contributed by atoms with Gasteiger partial charge < -0.3 is 61.4 Å². The molecule has 0 bridgehead atoms. The molecule has 0 aromatic carbocycles. The Morgan fingerprint density at radius 2 is 1.27 bits per heavy atom. The lowest BCUT2D eigenvalue weighted by Gasteiger charge is -2.40. The zero-order valence-electron chi connectivity index (χ0n) is 13.6. The summed E-state index contributed by atoms with van der Waals surface area (Å²) in [6.07, 6.45) is -14.8. The van der Waals surface area contributed by atoms with Crippen molar-refractivity contribution in [1.29, 1.82) is 0 Å². The van der Waals surface area contributed by atoms with E-state index in [4.69, 9.17) is 25.4 Å². The lowest BCUT2D eigenvalue weighted by molar-refractivity contribution is -0.233. The maximum absolute atomic E-state index is 9.91. The summed E-state index contributed by atoms with van der Waals surface area (Å²) < 4.78 is 10.3. The summed E-state index contributed by atoms with van der Waals surface area (Å²) in [5.74, 6) is -0.432. The minimum atomic E-state index is -1.65. The largest absolute Gasteiger partial charge is 0.394 e. The van der Waals surface area contributed by atoms with Crippen molar-refractivity contribution in [3.63, 3.8) is 0 Å². The molecule has 0 unspecified atom stereocenters. The molecule has 0 aromatic heterocycles. The Kier molecular flexibility index (Phi) is 7.09. The van der Waals surface area contributed by atoms with Crippen LogP contribution in [0.15, 0.2) is 4.99 Å². The topological polar surface area (TPSA) is 231 Å². The molecule has 11 N–H and O–H groups in total. The smallest absolute Gasteiger partial charge is 0.193 e. The zero-order chi connectivity index (χ0) is 19.6. The highest BCUT2D eigenvalue weighted by Gasteiger charge is 2.45. The van der Waals surface area contributed by atoms with Crippen LogP contribution in [0.2, 0.25) is 0 Å². The number of nitrogens with zero attached hydrogens (tertiary/aromatic N) is 1. The van der Waals surface area contributed by atoms with Gasteiger partial charge in [0.15, 0.2) is 18.4 Å². The average Bonchev–Trinajstić information content (AvgIpc) is 2.62. The molecular weight excluding hydrogens is 358 g/mol. The van der Waals surface area contributed by atoms with E-state index in [0.29, 0.717) is 0 Å². The van der Waals surface area contributed by atoms with E-state index in [1.165, 1.54) is 0 Å². The van der Waals surface area contributed by atoms with E-state index in [9.17, 15) is 30.6 Å². The van der Waals surface area contributed by atoms with Gasteiger partial charge in [0.2, 0.25) is 0 Å². The summed E-state index contributed by atoms with van der Waals surface area (Å²) in [6.45, 7) is -1.27. The number of hydrogen-bond acceptors (Lipinski definition) is 11. The molecule has 2 aliphatic heterocycles. The van der Waals surface area contributed by atoms with Crippen molar-refractivity contribution in [2.45, 2.75) is 61.3 Å². The second-order valence-corrected chi connectivity index (χ2v) is 6.13. The van der Waals surface area contributed by atoms with Gasteiger partial charge >= 0.3 is 0 Å². The predicted octanol–water partition coefficient (Wildman–Crippen LogP) is -6.51. The van der Waals surface area contributed by atoms with Crippen LogP contribution in [0.4, 0.5) is 0 Å². The van der Waals surface area contributed by atoms with Crippen molar-refractivity contribution < 1.29 is 50.3 Å². The highest BCUT2D eigenvalue weighted by molar-refractivity contribution is 5.78. The van der Waals surface area contributed by atoms with Crippen LogP contribution < -0.4 is 11.1 Å². The number of hydrogen-bond donors (Lipinski definition) is 10. The monoisotopic (exact) mass is 383 g/mol. The van der Waals surface area contributed by atoms with Crippen molar-refractivity contribution >= 4 is 5.96 Å². The fraction of sp³-hybridized carbons (Fsp3) is 0.923. The summed E-state index contributed by atoms with van der Waals surface area (Å²) in [4.78, 5) is 3.75. The van der Waals surface area contributed by atoms with E-state index in [1.807, 2.05) is 0 Å². The van der Waals surface area contributed by atoms with Crippen LogP contribution in [0.25, 0.3) is 0 Å². The van der Waals surface area contributed by atoms with E-state index >= 15 is 0 Å². The molecule has 13 nitrogen and oxygen atoms in total. The van der Waals surface area contributed by atoms with Crippen molar-refractivity contribution in [2.24, 2.45) is 10.7 Å². The van der Waals surface area contributed by atoms with Crippen molar-refractivity contribution in [3.05, 3.63) is 0 Å². The number of nitrogens with two attached hydrogens (primary N) is 1. The quantitative estimate of drug-likeness (QED) is 0.161. The zero-order valence-corrected chi connectivity index (χ0v) is 13.6. The fourth-order valence-electron chi connectivity index (χ4n) is 2.73. The Hall–Kier alpha value is -1.13. The maximum atomic E-state index is 9.91. The Morgan fingerprint density at radius 1 is 0.769 bits per heavy atom. The minimum absolute atomic E-state index is 0.432. The number of aliphatic hydroxyl groups excluding tert-OH is 8. The molecule has 0 spiro atoms. The molecule has 2 heterocycles. The normalized spacial score (nSPS) is 47.6. The molecule has 0 saturated carbocycles. The van der Waals surface area contributed by atoms with Crippen LogP contribution in [-0.4, -0.2) is 121 Å². The molecule has 2 saturated heterocycles. The lowest BCUT2D eigenvalue weighted by Crippen LogP contribution is -2.64. The van der Waals surface area contributed by atoms with Gasteiger partial charge in [0.1, 0.15) is 48.8 Å². The van der Waals surface area contributed by atoms with Crippen LogP contribution in [0.5, 0.6) is 0 Å². The molecule has 0 radical (unpaired) electrons. The first-order chi connectivity index (χ1) is 12.2. The van der Waals surface area contributed by atoms with E-state index < -0.39 is 80.5 Å². The van der Waals surface area contributed by atoms with Crippen molar-refractivity contribution in [2.75, 3.05) is 13.2 Å². The van der Waals surface area contributed by atoms with Gasteiger partial charge in [-0.1, -0.05) is 0 Å². The lowest BCUT2D eigenvalue weighted by atomic mass is 9.98.